The van der Waals surface area contributed by atoms with E-state index in [0.717, 1.165) is 12.0 Å². The van der Waals surface area contributed by atoms with Crippen LogP contribution < -0.4 is 0 Å². The van der Waals surface area contributed by atoms with Crippen molar-refractivity contribution in [3.63, 3.8) is 0 Å². The van der Waals surface area contributed by atoms with Crippen molar-refractivity contribution in [2.75, 3.05) is 33.7 Å². The number of nitrogens with zero attached hydrogens (tertiary/aromatic N) is 3. The Hall–Kier alpha value is -1.42. The predicted molar refractivity (Wildman–Crippen MR) is 83.4 cm³/mol. The first-order chi connectivity index (χ1) is 9.91. The van der Waals surface area contributed by atoms with Gasteiger partial charge >= 0.3 is 0 Å². The summed E-state index contributed by atoms with van der Waals surface area (Å²) in [5.41, 5.74) is 0.826. The van der Waals surface area contributed by atoms with Crippen LogP contribution in [0.1, 0.15) is 18.9 Å². The number of benzene rings is 1. The Bertz CT molecular complexity index is 574. The molecule has 0 amide bonds. The standard InChI is InChI=1S/C15H23N3O2S/c1-4-11-18(13-12-17(2)3)21(19,20)15-7-5-14(6-8-15)9-10-16/h5-8H,4,9,11-13H2,1-3H3. The zero-order chi connectivity index (χ0) is 15.9. The van der Waals surface area contributed by atoms with Crippen molar-refractivity contribution in [3.05, 3.63) is 29.8 Å². The average molecular weight is 309 g/mol. The summed E-state index contributed by atoms with van der Waals surface area (Å²) in [6, 6.07) is 8.62. The molecule has 5 nitrogen and oxygen atoms in total. The third-order valence-corrected chi connectivity index (χ3v) is 5.03. The molecule has 0 aliphatic heterocycles. The molecule has 6 heteroatoms. The zero-order valence-corrected chi connectivity index (χ0v) is 13.7. The van der Waals surface area contributed by atoms with Gasteiger partial charge in [0.15, 0.2) is 0 Å². The van der Waals surface area contributed by atoms with Crippen LogP contribution in [0, 0.1) is 11.3 Å². The number of hydrogen-bond donors (Lipinski definition) is 0. The first-order valence-corrected chi connectivity index (χ1v) is 8.46. The molecule has 1 aromatic rings. The van der Waals surface area contributed by atoms with Gasteiger partial charge in [-0.15, -0.1) is 0 Å². The third kappa shape index (κ3) is 5.12. The monoisotopic (exact) mass is 309 g/mol. The summed E-state index contributed by atoms with van der Waals surface area (Å²) in [5.74, 6) is 0. The Morgan fingerprint density at radius 3 is 2.19 bits per heavy atom. The zero-order valence-electron chi connectivity index (χ0n) is 12.9. The third-order valence-electron chi connectivity index (χ3n) is 3.11. The molecule has 1 rings (SSSR count). The number of hydrogen-bond acceptors (Lipinski definition) is 4. The van der Waals surface area contributed by atoms with Crippen LogP contribution in [-0.4, -0.2) is 51.4 Å². The van der Waals surface area contributed by atoms with Gasteiger partial charge in [-0.05, 0) is 38.2 Å². The molecule has 0 atom stereocenters. The SMILES string of the molecule is CCCN(CCN(C)C)S(=O)(=O)c1ccc(CC#N)cc1. The minimum atomic E-state index is -3.47. The van der Waals surface area contributed by atoms with E-state index in [2.05, 4.69) is 6.07 Å². The van der Waals surface area contributed by atoms with Crippen LogP contribution in [0.5, 0.6) is 0 Å². The van der Waals surface area contributed by atoms with Crippen LogP contribution in [0.15, 0.2) is 29.2 Å². The number of sulfonamides is 1. The van der Waals surface area contributed by atoms with Gasteiger partial charge in [0.1, 0.15) is 0 Å². The highest BCUT2D eigenvalue weighted by Gasteiger charge is 2.23. The maximum absolute atomic E-state index is 12.6. The molecular weight excluding hydrogens is 286 g/mol. The molecule has 0 N–H and O–H groups in total. The van der Waals surface area contributed by atoms with E-state index in [4.69, 9.17) is 5.26 Å². The van der Waals surface area contributed by atoms with Gasteiger partial charge in [-0.1, -0.05) is 19.1 Å². The quantitative estimate of drug-likeness (QED) is 0.733. The van der Waals surface area contributed by atoms with E-state index in [0.29, 0.717) is 26.1 Å². The molecule has 0 aromatic heterocycles. The summed E-state index contributed by atoms with van der Waals surface area (Å²) in [4.78, 5) is 2.25. The Morgan fingerprint density at radius 2 is 1.71 bits per heavy atom. The molecule has 0 aliphatic rings. The van der Waals surface area contributed by atoms with E-state index < -0.39 is 10.0 Å². The largest absolute Gasteiger partial charge is 0.308 e. The molecule has 0 bridgehead atoms. The van der Waals surface area contributed by atoms with Gasteiger partial charge < -0.3 is 4.90 Å². The summed E-state index contributed by atoms with van der Waals surface area (Å²) >= 11 is 0. The second kappa shape index (κ2) is 8.13. The van der Waals surface area contributed by atoms with Gasteiger partial charge in [-0.3, -0.25) is 0 Å². The number of rotatable bonds is 8. The normalized spacial score (nSPS) is 11.8. The Morgan fingerprint density at radius 1 is 1.10 bits per heavy atom. The van der Waals surface area contributed by atoms with Crippen molar-refractivity contribution in [1.82, 2.24) is 9.21 Å². The lowest BCUT2D eigenvalue weighted by Gasteiger charge is -2.23. The van der Waals surface area contributed by atoms with Gasteiger partial charge in [-0.2, -0.15) is 9.57 Å². The van der Waals surface area contributed by atoms with Crippen LogP contribution in [-0.2, 0) is 16.4 Å². The molecule has 21 heavy (non-hydrogen) atoms. The second-order valence-electron chi connectivity index (χ2n) is 5.19. The minimum Gasteiger partial charge on any atom is -0.308 e. The molecule has 0 fully saturated rings. The lowest BCUT2D eigenvalue weighted by molar-refractivity contribution is 0.333. The van der Waals surface area contributed by atoms with E-state index in [1.165, 1.54) is 4.31 Å². The second-order valence-corrected chi connectivity index (χ2v) is 7.12. The molecule has 0 heterocycles. The van der Waals surface area contributed by atoms with Gasteiger partial charge in [0.25, 0.3) is 0 Å². The topological polar surface area (TPSA) is 64.4 Å². The van der Waals surface area contributed by atoms with Crippen molar-refractivity contribution < 1.29 is 8.42 Å². The Kier molecular flexibility index (Phi) is 6.82. The van der Waals surface area contributed by atoms with Crippen molar-refractivity contribution in [1.29, 1.82) is 5.26 Å². The van der Waals surface area contributed by atoms with Crippen LogP contribution in [0.2, 0.25) is 0 Å². The van der Waals surface area contributed by atoms with Gasteiger partial charge in [0, 0.05) is 19.6 Å². The Balaban J connectivity index is 2.96. The van der Waals surface area contributed by atoms with E-state index in [1.807, 2.05) is 25.9 Å². The number of nitriles is 1. The maximum Gasteiger partial charge on any atom is 0.243 e. The fraction of sp³-hybridized carbons (Fsp3) is 0.533. The van der Waals surface area contributed by atoms with Crippen LogP contribution >= 0.6 is 0 Å². The van der Waals surface area contributed by atoms with Crippen molar-refractivity contribution in [3.8, 4) is 6.07 Å². The lowest BCUT2D eigenvalue weighted by Crippen LogP contribution is -2.37. The highest BCUT2D eigenvalue weighted by Crippen LogP contribution is 2.17. The van der Waals surface area contributed by atoms with Gasteiger partial charge in [0.05, 0.1) is 17.4 Å². The van der Waals surface area contributed by atoms with Crippen LogP contribution in [0.4, 0.5) is 0 Å². The lowest BCUT2D eigenvalue weighted by atomic mass is 10.2. The van der Waals surface area contributed by atoms with E-state index in [1.54, 1.807) is 24.3 Å². The molecule has 1 aromatic carbocycles. The Labute approximate surface area is 127 Å². The smallest absolute Gasteiger partial charge is 0.243 e. The summed E-state index contributed by atoms with van der Waals surface area (Å²) in [5, 5.41) is 8.65. The van der Waals surface area contributed by atoms with Crippen molar-refractivity contribution in [2.45, 2.75) is 24.7 Å². The van der Waals surface area contributed by atoms with E-state index in [9.17, 15) is 8.42 Å². The fourth-order valence-corrected chi connectivity index (χ4v) is 3.46. The predicted octanol–water partition coefficient (Wildman–Crippen LogP) is 1.71. The highest BCUT2D eigenvalue weighted by atomic mass is 32.2. The molecule has 0 aliphatic carbocycles. The van der Waals surface area contributed by atoms with Crippen molar-refractivity contribution in [2.24, 2.45) is 0 Å². The summed E-state index contributed by atoms with van der Waals surface area (Å²) in [7, 11) is 0.381. The molecule has 0 saturated heterocycles. The molecule has 116 valence electrons. The highest BCUT2D eigenvalue weighted by molar-refractivity contribution is 7.89. The minimum absolute atomic E-state index is 0.288. The van der Waals surface area contributed by atoms with Gasteiger partial charge in [-0.25, -0.2) is 8.42 Å². The summed E-state index contributed by atoms with van der Waals surface area (Å²) in [6.45, 7) is 3.64. The molecule has 0 radical (unpaired) electrons. The van der Waals surface area contributed by atoms with Crippen LogP contribution in [0.3, 0.4) is 0 Å². The van der Waals surface area contributed by atoms with Gasteiger partial charge in [0.2, 0.25) is 10.0 Å². The molecular formula is C15H23N3O2S. The molecule has 0 spiro atoms. The number of likely N-dealkylation sites (N-methyl/N-ethyl adjacent to an activating group) is 1. The summed E-state index contributed by atoms with van der Waals surface area (Å²) < 4.78 is 26.8. The van der Waals surface area contributed by atoms with E-state index in [-0.39, 0.29) is 4.90 Å². The van der Waals surface area contributed by atoms with E-state index >= 15 is 0 Å². The van der Waals surface area contributed by atoms with Crippen molar-refractivity contribution >= 4 is 10.0 Å². The first kappa shape index (κ1) is 17.6. The maximum atomic E-state index is 12.6. The molecule has 0 saturated carbocycles. The first-order valence-electron chi connectivity index (χ1n) is 7.02. The van der Waals surface area contributed by atoms with Crippen LogP contribution in [0.25, 0.3) is 0 Å². The molecule has 0 unspecified atom stereocenters. The summed E-state index contributed by atoms with van der Waals surface area (Å²) in [6.07, 6.45) is 1.07. The average Bonchev–Trinajstić information content (AvgIpc) is 2.44. The fourth-order valence-electron chi connectivity index (χ4n) is 1.93.